The highest BCUT2D eigenvalue weighted by atomic mass is 16.5. The van der Waals surface area contributed by atoms with Gasteiger partial charge in [-0.25, -0.2) is 9.36 Å². The van der Waals surface area contributed by atoms with Crippen molar-refractivity contribution in [1.29, 1.82) is 0 Å². The van der Waals surface area contributed by atoms with Gasteiger partial charge in [-0.3, -0.25) is 9.59 Å². The molecule has 3 aliphatic heterocycles. The van der Waals surface area contributed by atoms with Gasteiger partial charge < -0.3 is 47.4 Å². The molecular weight excluding hydrogens is 1010 g/mol. The van der Waals surface area contributed by atoms with Crippen molar-refractivity contribution in [3.63, 3.8) is 0 Å². The van der Waals surface area contributed by atoms with E-state index in [0.717, 1.165) is 104 Å². The number of ether oxygens (including phenoxy) is 4. The van der Waals surface area contributed by atoms with E-state index in [9.17, 15) is 9.59 Å². The molecule has 16 heteroatoms. The summed E-state index contributed by atoms with van der Waals surface area (Å²) >= 11 is 0. The van der Waals surface area contributed by atoms with Crippen LogP contribution in [0.25, 0.3) is 78.2 Å². The van der Waals surface area contributed by atoms with E-state index >= 15 is 0 Å². The highest BCUT2D eigenvalue weighted by Crippen LogP contribution is 2.43. The highest BCUT2D eigenvalue weighted by Gasteiger charge is 2.22. The first kappa shape index (κ1) is 53.7. The zero-order valence-corrected chi connectivity index (χ0v) is 46.0. The van der Waals surface area contributed by atoms with Crippen molar-refractivity contribution in [3.05, 3.63) is 167 Å². The molecule has 1 fully saturated rings. The van der Waals surface area contributed by atoms with Crippen LogP contribution in [0.2, 0.25) is 0 Å². The maximum atomic E-state index is 12.5. The van der Waals surface area contributed by atoms with Gasteiger partial charge in [-0.15, -0.1) is 0 Å². The van der Waals surface area contributed by atoms with Crippen molar-refractivity contribution in [2.24, 2.45) is 0 Å². The average Bonchev–Trinajstić information content (AvgIpc) is 4.20. The quantitative estimate of drug-likeness (QED) is 0.107. The second-order valence-corrected chi connectivity index (χ2v) is 19.8. The predicted octanol–water partition coefficient (Wildman–Crippen LogP) is 10.9. The minimum absolute atomic E-state index is 0.0996. The molecule has 0 amide bonds. The van der Waals surface area contributed by atoms with Crippen molar-refractivity contribution >= 4 is 44.7 Å². The molecule has 5 heterocycles. The van der Waals surface area contributed by atoms with Crippen LogP contribution in [-0.4, -0.2) is 125 Å². The standard InChI is InChI=1S/C64H68N8O8/c1-5-67(6-2)51-17-21-55-59(37-51)79-61-39-53(73)19-23-57(61)63(55)45-41-65-71(43-45)49-13-9-47(10-14-49)69-25-29-75-33-35-77-31-27-70(28-32-78-36-34-76-30-26-69)48-11-15-50(16-12-48)72-44-46(42-66-72)64-56-22-18-52(68(7-3)8-4)38-60(56)80-62-40-54(74)20-24-58(62)64/h9-24,37-44H,5-8,25-36H2,1-4H3. The second kappa shape index (κ2) is 24.8. The lowest BCUT2D eigenvalue weighted by molar-refractivity contribution is 0.0436. The number of aromatic nitrogens is 4. The fraction of sp³-hybridized carbons (Fsp3) is 0.312. The van der Waals surface area contributed by atoms with Crippen LogP contribution in [0.5, 0.6) is 0 Å². The molecule has 0 radical (unpaired) electrons. The van der Waals surface area contributed by atoms with Crippen molar-refractivity contribution in [2.75, 3.05) is 125 Å². The largest absolute Gasteiger partial charge is 0.456 e. The number of hydrogen-bond donors (Lipinski definition) is 0. The van der Waals surface area contributed by atoms with Gasteiger partial charge in [0.15, 0.2) is 10.9 Å². The molecule has 0 atom stereocenters. The van der Waals surface area contributed by atoms with E-state index in [1.54, 1.807) is 24.3 Å². The van der Waals surface area contributed by atoms with E-state index in [0.29, 0.717) is 102 Å². The molecule has 412 valence electrons. The van der Waals surface area contributed by atoms with Crippen molar-refractivity contribution < 1.29 is 27.8 Å². The third-order valence-corrected chi connectivity index (χ3v) is 15.1. The Hall–Kier alpha value is -8.28. The molecule has 2 aliphatic carbocycles. The Morgan fingerprint density at radius 3 is 1.15 bits per heavy atom. The van der Waals surface area contributed by atoms with Gasteiger partial charge in [0, 0.05) is 156 Å². The van der Waals surface area contributed by atoms with E-state index < -0.39 is 0 Å². The number of nitrogens with zero attached hydrogens (tertiary/aromatic N) is 8. The molecule has 16 nitrogen and oxygen atoms in total. The lowest BCUT2D eigenvalue weighted by Gasteiger charge is -2.26. The molecule has 0 saturated carbocycles. The SMILES string of the molecule is CCN(CC)c1ccc2c(-c3cnn(-c4ccc(N5CCOCCOCCN(c6ccc(-n7cc(-c8c9ccc(=O)cc-9oc9cc(N(CC)CC)ccc89)cn7)cc6)CCOCCOCC5)cc4)c3)c3ccc(=O)cc-3oc2c1. The number of fused-ring (bicyclic) bond motifs is 4. The fourth-order valence-corrected chi connectivity index (χ4v) is 10.8. The molecule has 6 aromatic rings. The van der Waals surface area contributed by atoms with Crippen molar-refractivity contribution in [2.45, 2.75) is 27.7 Å². The number of anilines is 4. The van der Waals surface area contributed by atoms with Crippen molar-refractivity contribution in [1.82, 2.24) is 19.6 Å². The first-order valence-corrected chi connectivity index (χ1v) is 27.9. The predicted molar refractivity (Wildman–Crippen MR) is 318 cm³/mol. The summed E-state index contributed by atoms with van der Waals surface area (Å²) in [5.41, 5.74) is 12.8. The van der Waals surface area contributed by atoms with Gasteiger partial charge in [-0.2, -0.15) is 10.2 Å². The third-order valence-electron chi connectivity index (χ3n) is 15.1. The van der Waals surface area contributed by atoms with Gasteiger partial charge in [0.1, 0.15) is 22.7 Å². The van der Waals surface area contributed by atoms with Crippen LogP contribution in [-0.2, 0) is 18.9 Å². The Balaban J connectivity index is 0.714. The van der Waals surface area contributed by atoms with E-state index in [2.05, 4.69) is 132 Å². The summed E-state index contributed by atoms with van der Waals surface area (Å²) in [7, 11) is 0. The Bertz CT molecular complexity index is 3470. The summed E-state index contributed by atoms with van der Waals surface area (Å²) in [5, 5.41) is 11.5. The second-order valence-electron chi connectivity index (χ2n) is 19.8. The molecule has 0 spiro atoms. The minimum Gasteiger partial charge on any atom is -0.456 e. The molecule has 11 rings (SSSR count). The fourth-order valence-electron chi connectivity index (χ4n) is 10.8. The summed E-state index contributed by atoms with van der Waals surface area (Å²) in [6.07, 6.45) is 7.81. The Kier molecular flexibility index (Phi) is 16.7. The molecule has 1 saturated heterocycles. The molecule has 0 unspecified atom stereocenters. The maximum absolute atomic E-state index is 12.5. The van der Waals surface area contributed by atoms with E-state index in [1.165, 1.54) is 0 Å². The Labute approximate surface area is 465 Å². The number of rotatable bonds is 12. The number of hydrogen-bond acceptors (Lipinski definition) is 14. The highest BCUT2D eigenvalue weighted by molar-refractivity contribution is 6.03. The van der Waals surface area contributed by atoms with E-state index in [4.69, 9.17) is 38.0 Å². The molecular formula is C64H68N8O8. The van der Waals surface area contributed by atoms with Gasteiger partial charge in [0.25, 0.3) is 0 Å². The first-order chi connectivity index (χ1) is 39.3. The molecule has 4 aromatic carbocycles. The summed E-state index contributed by atoms with van der Waals surface area (Å²) in [6, 6.07) is 39.3. The number of benzene rings is 6. The summed E-state index contributed by atoms with van der Waals surface area (Å²) < 4.78 is 41.0. The van der Waals surface area contributed by atoms with Gasteiger partial charge in [0.05, 0.1) is 76.6 Å². The van der Waals surface area contributed by atoms with Gasteiger partial charge in [-0.1, -0.05) is 0 Å². The first-order valence-electron chi connectivity index (χ1n) is 27.9. The van der Waals surface area contributed by atoms with Crippen LogP contribution >= 0.6 is 0 Å². The monoisotopic (exact) mass is 1080 g/mol. The lowest BCUT2D eigenvalue weighted by atomic mass is 9.95. The van der Waals surface area contributed by atoms with Gasteiger partial charge in [0.2, 0.25) is 0 Å². The van der Waals surface area contributed by atoms with Gasteiger partial charge >= 0.3 is 0 Å². The van der Waals surface area contributed by atoms with Crippen LogP contribution in [0, 0.1) is 0 Å². The van der Waals surface area contributed by atoms with E-state index in [-0.39, 0.29) is 10.9 Å². The van der Waals surface area contributed by atoms with E-state index in [1.807, 2.05) is 46.3 Å². The average molecular weight is 1080 g/mol. The Morgan fingerprint density at radius 1 is 0.425 bits per heavy atom. The zero-order valence-electron chi connectivity index (χ0n) is 46.0. The Morgan fingerprint density at radius 2 is 0.787 bits per heavy atom. The molecule has 2 aromatic heterocycles. The molecule has 80 heavy (non-hydrogen) atoms. The minimum atomic E-state index is -0.0996. The van der Waals surface area contributed by atoms with Crippen molar-refractivity contribution in [3.8, 4) is 56.3 Å². The molecule has 5 aliphatic rings. The molecule has 0 N–H and O–H groups in total. The smallest absolute Gasteiger partial charge is 0.182 e. The van der Waals surface area contributed by atoms with Crippen LogP contribution < -0.4 is 30.5 Å². The summed E-state index contributed by atoms with van der Waals surface area (Å²) in [6.45, 7) is 18.7. The topological polar surface area (TPSA) is 146 Å². The zero-order chi connectivity index (χ0) is 55.0. The molecule has 0 bridgehead atoms. The maximum Gasteiger partial charge on any atom is 0.182 e. The van der Waals surface area contributed by atoms with Crippen LogP contribution in [0.4, 0.5) is 22.7 Å². The third kappa shape index (κ3) is 11.7. The van der Waals surface area contributed by atoms with Crippen LogP contribution in [0.1, 0.15) is 27.7 Å². The van der Waals surface area contributed by atoms with Crippen LogP contribution in [0.15, 0.2) is 165 Å². The normalized spacial score (nSPS) is 14.7. The summed E-state index contributed by atoms with van der Waals surface area (Å²) in [5.74, 6) is 1.09. The van der Waals surface area contributed by atoms with Crippen LogP contribution in [0.3, 0.4) is 0 Å². The lowest BCUT2D eigenvalue weighted by Crippen LogP contribution is -2.33. The van der Waals surface area contributed by atoms with Gasteiger partial charge in [-0.05, 0) is 125 Å². The summed E-state index contributed by atoms with van der Waals surface area (Å²) in [4.78, 5) is 34.1.